The highest BCUT2D eigenvalue weighted by atomic mass is 32.2. The van der Waals surface area contributed by atoms with Crippen molar-refractivity contribution in [1.82, 2.24) is 9.80 Å². The van der Waals surface area contributed by atoms with Crippen LogP contribution in [0.15, 0.2) is 46.7 Å². The summed E-state index contributed by atoms with van der Waals surface area (Å²) in [6, 6.07) is 11.6. The maximum Gasteiger partial charge on any atom is 0.264 e. The number of rotatable bonds is 3. The van der Waals surface area contributed by atoms with Crippen molar-refractivity contribution in [2.75, 3.05) is 44.4 Å². The van der Waals surface area contributed by atoms with Crippen LogP contribution in [0.1, 0.15) is 15.2 Å². The minimum absolute atomic E-state index is 0.0618. The molecule has 0 aliphatic carbocycles. The Balaban J connectivity index is 1.64. The minimum Gasteiger partial charge on any atom is -0.369 e. The van der Waals surface area contributed by atoms with Crippen LogP contribution in [0.5, 0.6) is 0 Å². The first-order chi connectivity index (χ1) is 13.5. The Kier molecular flexibility index (Phi) is 5.27. The number of carbonyl (C=O) groups is 1. The average molecular weight is 418 g/mol. The van der Waals surface area contributed by atoms with Gasteiger partial charge in [-0.15, -0.1) is 11.3 Å². The second-order valence-corrected chi connectivity index (χ2v) is 9.22. The van der Waals surface area contributed by atoms with E-state index in [1.165, 1.54) is 11.3 Å². The molecular formula is C20H23N3O3S2. The fourth-order valence-corrected chi connectivity index (χ4v) is 5.50. The summed E-state index contributed by atoms with van der Waals surface area (Å²) in [5.41, 5.74) is 2.72. The van der Waals surface area contributed by atoms with Crippen molar-refractivity contribution in [2.45, 2.75) is 6.23 Å². The highest BCUT2D eigenvalue weighted by Crippen LogP contribution is 2.39. The Labute approximate surface area is 171 Å². The number of benzene rings is 1. The number of thiophene rings is 1. The molecule has 1 amide bonds. The molecule has 1 saturated heterocycles. The third-order valence-electron chi connectivity index (χ3n) is 5.30. The van der Waals surface area contributed by atoms with Crippen molar-refractivity contribution in [3.05, 3.63) is 57.1 Å². The summed E-state index contributed by atoms with van der Waals surface area (Å²) in [5.74, 6) is 0.0618. The molecule has 2 atom stereocenters. The SMILES string of the molecule is CN1c2ccccc2C(N2CCN(C(=O)c3cccs3)CC2)=C(S(C)=O)C1O. The number of aliphatic hydroxyl groups excluding tert-OH is 1. The highest BCUT2D eigenvalue weighted by molar-refractivity contribution is 7.88. The molecule has 3 heterocycles. The van der Waals surface area contributed by atoms with Gasteiger partial charge in [0.05, 0.1) is 26.3 Å². The van der Waals surface area contributed by atoms with Gasteiger partial charge in [-0.1, -0.05) is 24.3 Å². The van der Waals surface area contributed by atoms with Gasteiger partial charge in [0, 0.05) is 50.7 Å². The van der Waals surface area contributed by atoms with E-state index in [0.717, 1.165) is 21.8 Å². The number of aliphatic hydroxyl groups is 1. The highest BCUT2D eigenvalue weighted by Gasteiger charge is 2.35. The Morgan fingerprint density at radius 1 is 1.14 bits per heavy atom. The van der Waals surface area contributed by atoms with E-state index in [0.29, 0.717) is 31.1 Å². The lowest BCUT2D eigenvalue weighted by Crippen LogP contribution is -2.49. The number of amides is 1. The first kappa shape index (κ1) is 19.2. The van der Waals surface area contributed by atoms with E-state index in [2.05, 4.69) is 4.90 Å². The van der Waals surface area contributed by atoms with Crippen LogP contribution >= 0.6 is 11.3 Å². The summed E-state index contributed by atoms with van der Waals surface area (Å²) in [6.07, 6.45) is 0.679. The van der Waals surface area contributed by atoms with Gasteiger partial charge in [0.25, 0.3) is 5.91 Å². The molecule has 6 nitrogen and oxygen atoms in total. The van der Waals surface area contributed by atoms with Crippen LogP contribution in [-0.4, -0.2) is 70.7 Å². The summed E-state index contributed by atoms with van der Waals surface area (Å²) >= 11 is 1.46. The Morgan fingerprint density at radius 2 is 1.86 bits per heavy atom. The average Bonchev–Trinajstić information content (AvgIpc) is 3.25. The second kappa shape index (κ2) is 7.69. The number of para-hydroxylation sites is 1. The fourth-order valence-electron chi connectivity index (χ4n) is 3.84. The standard InChI is InChI=1S/C20H23N3O3S2/c1-21-15-7-4-3-6-14(15)17(18(20(21)25)28(2)26)22-9-11-23(12-10-22)19(24)16-8-5-13-27-16/h3-8,13,20,25H,9-12H2,1-2H3. The molecule has 1 N–H and O–H groups in total. The Hall–Kier alpha value is -2.16. The van der Waals surface area contributed by atoms with Gasteiger partial charge in [0.2, 0.25) is 0 Å². The lowest BCUT2D eigenvalue weighted by molar-refractivity contribution is 0.0689. The molecule has 1 aromatic heterocycles. The summed E-state index contributed by atoms with van der Waals surface area (Å²) in [4.78, 5) is 19.7. The molecule has 2 aromatic rings. The van der Waals surface area contributed by atoms with Crippen LogP contribution in [0.2, 0.25) is 0 Å². The van der Waals surface area contributed by atoms with Crippen molar-refractivity contribution in [1.29, 1.82) is 0 Å². The predicted molar refractivity (Wildman–Crippen MR) is 114 cm³/mol. The number of likely N-dealkylation sites (N-methyl/N-ethyl adjacent to an activating group) is 1. The number of hydrogen-bond acceptors (Lipinski definition) is 6. The first-order valence-corrected chi connectivity index (χ1v) is 11.6. The van der Waals surface area contributed by atoms with Crippen LogP contribution in [0.4, 0.5) is 5.69 Å². The van der Waals surface area contributed by atoms with E-state index in [1.54, 1.807) is 11.2 Å². The molecule has 8 heteroatoms. The third kappa shape index (κ3) is 3.25. The first-order valence-electron chi connectivity index (χ1n) is 9.14. The molecule has 28 heavy (non-hydrogen) atoms. The zero-order chi connectivity index (χ0) is 19.8. The zero-order valence-corrected chi connectivity index (χ0v) is 17.5. The summed E-state index contributed by atoms with van der Waals surface area (Å²) in [5, 5.41) is 12.7. The molecule has 2 aliphatic heterocycles. The van der Waals surface area contributed by atoms with Crippen LogP contribution in [-0.2, 0) is 10.8 Å². The van der Waals surface area contributed by atoms with Gasteiger partial charge >= 0.3 is 0 Å². The van der Waals surface area contributed by atoms with Crippen LogP contribution in [0, 0.1) is 0 Å². The lowest BCUT2D eigenvalue weighted by Gasteiger charge is -2.42. The van der Waals surface area contributed by atoms with Gasteiger partial charge < -0.3 is 19.8 Å². The molecule has 1 aromatic carbocycles. The van der Waals surface area contributed by atoms with Gasteiger partial charge in [-0.05, 0) is 17.5 Å². The quantitative estimate of drug-likeness (QED) is 0.828. The zero-order valence-electron chi connectivity index (χ0n) is 15.9. The van der Waals surface area contributed by atoms with Crippen molar-refractivity contribution in [3.8, 4) is 0 Å². The van der Waals surface area contributed by atoms with E-state index in [9.17, 15) is 14.1 Å². The van der Waals surface area contributed by atoms with Crippen molar-refractivity contribution in [2.24, 2.45) is 0 Å². The van der Waals surface area contributed by atoms with E-state index in [-0.39, 0.29) is 5.91 Å². The molecule has 2 aliphatic rings. The number of piperazine rings is 1. The van der Waals surface area contributed by atoms with Gasteiger partial charge in [-0.3, -0.25) is 9.00 Å². The van der Waals surface area contributed by atoms with Crippen LogP contribution in [0.25, 0.3) is 5.70 Å². The van der Waals surface area contributed by atoms with Crippen molar-refractivity contribution < 1.29 is 14.1 Å². The Morgan fingerprint density at radius 3 is 2.50 bits per heavy atom. The summed E-state index contributed by atoms with van der Waals surface area (Å²) in [7, 11) is 0.494. The molecule has 1 fully saturated rings. The number of hydrogen-bond donors (Lipinski definition) is 1. The fraction of sp³-hybridized carbons (Fsp3) is 0.350. The smallest absolute Gasteiger partial charge is 0.264 e. The van der Waals surface area contributed by atoms with E-state index >= 15 is 0 Å². The van der Waals surface area contributed by atoms with Gasteiger partial charge in [-0.2, -0.15) is 0 Å². The van der Waals surface area contributed by atoms with E-state index in [4.69, 9.17) is 0 Å². The third-order valence-corrected chi connectivity index (χ3v) is 7.18. The number of carbonyl (C=O) groups excluding carboxylic acids is 1. The molecule has 0 bridgehead atoms. The summed E-state index contributed by atoms with van der Waals surface area (Å²) in [6.45, 7) is 2.46. The molecule has 0 spiro atoms. The molecule has 0 saturated carbocycles. The maximum atomic E-state index is 12.6. The van der Waals surface area contributed by atoms with Crippen LogP contribution < -0.4 is 4.90 Å². The molecule has 0 radical (unpaired) electrons. The molecular weight excluding hydrogens is 394 g/mol. The molecule has 4 rings (SSSR count). The van der Waals surface area contributed by atoms with E-state index < -0.39 is 17.0 Å². The van der Waals surface area contributed by atoms with Crippen molar-refractivity contribution in [3.63, 3.8) is 0 Å². The van der Waals surface area contributed by atoms with E-state index in [1.807, 2.05) is 53.7 Å². The molecule has 2 unspecified atom stereocenters. The normalized spacial score (nSPS) is 21.0. The van der Waals surface area contributed by atoms with Gasteiger partial charge in [-0.25, -0.2) is 0 Å². The van der Waals surface area contributed by atoms with Gasteiger partial charge in [0.1, 0.15) is 0 Å². The van der Waals surface area contributed by atoms with Crippen molar-refractivity contribution >= 4 is 39.4 Å². The lowest BCUT2D eigenvalue weighted by atomic mass is 10.0. The topological polar surface area (TPSA) is 64.1 Å². The molecule has 148 valence electrons. The van der Waals surface area contributed by atoms with Gasteiger partial charge in [0.15, 0.2) is 6.23 Å². The summed E-state index contributed by atoms with van der Waals surface area (Å²) < 4.78 is 12.5. The number of fused-ring (bicyclic) bond motifs is 1. The largest absolute Gasteiger partial charge is 0.369 e. The Bertz CT molecular complexity index is 934. The van der Waals surface area contributed by atoms with Crippen LogP contribution in [0.3, 0.4) is 0 Å². The second-order valence-electron chi connectivity index (χ2n) is 6.93. The minimum atomic E-state index is -1.32. The number of anilines is 1. The predicted octanol–water partition coefficient (Wildman–Crippen LogP) is 2.02. The monoisotopic (exact) mass is 417 g/mol. The maximum absolute atomic E-state index is 12.6. The number of nitrogens with zero attached hydrogens (tertiary/aromatic N) is 3.